The second-order valence-corrected chi connectivity index (χ2v) is 5.05. The minimum atomic E-state index is 0.0870. The number of oxime groups is 1. The topological polar surface area (TPSA) is 88.9 Å². The lowest BCUT2D eigenvalue weighted by molar-refractivity contribution is 0.202. The maximum Gasteiger partial charge on any atom is 0.175 e. The molecule has 7 nitrogen and oxygen atoms in total. The van der Waals surface area contributed by atoms with Gasteiger partial charge < -0.3 is 20.6 Å². The first kappa shape index (κ1) is 17.3. The summed E-state index contributed by atoms with van der Waals surface area (Å²) < 4.78 is 7.01. The summed E-state index contributed by atoms with van der Waals surface area (Å²) in [6, 6.07) is 0.347. The van der Waals surface area contributed by atoms with E-state index in [-0.39, 0.29) is 5.84 Å². The number of aromatic nitrogens is 2. The van der Waals surface area contributed by atoms with Gasteiger partial charge in [-0.1, -0.05) is 19.0 Å². The van der Waals surface area contributed by atoms with Crippen LogP contribution in [0.1, 0.15) is 37.9 Å². The fourth-order valence-electron chi connectivity index (χ4n) is 2.71. The zero-order valence-corrected chi connectivity index (χ0v) is 13.6. The molecule has 1 heterocycles. The van der Waals surface area contributed by atoms with Crippen LogP contribution >= 0.6 is 0 Å². The summed E-state index contributed by atoms with van der Waals surface area (Å²) in [7, 11) is 3.56. The maximum atomic E-state index is 9.04. The second kappa shape index (κ2) is 7.87. The van der Waals surface area contributed by atoms with Crippen molar-refractivity contribution in [3.63, 3.8) is 0 Å². The fourth-order valence-corrected chi connectivity index (χ4v) is 2.71. The van der Waals surface area contributed by atoms with E-state index in [4.69, 9.17) is 15.7 Å². The summed E-state index contributed by atoms with van der Waals surface area (Å²) in [6.07, 6.45) is 2.00. The number of anilines is 1. The van der Waals surface area contributed by atoms with Gasteiger partial charge in [0.25, 0.3) is 0 Å². The first-order valence-corrected chi connectivity index (χ1v) is 7.28. The summed E-state index contributed by atoms with van der Waals surface area (Å²) in [5.41, 5.74) is 7.28. The SMILES string of the molecule is CCC(CC)N(CCOC)c1c(C(N)=NO)c(C)nn1C. The van der Waals surface area contributed by atoms with E-state index in [0.717, 1.165) is 30.9 Å². The number of rotatable bonds is 8. The van der Waals surface area contributed by atoms with Gasteiger partial charge in [-0.15, -0.1) is 0 Å². The van der Waals surface area contributed by atoms with Gasteiger partial charge in [0.2, 0.25) is 0 Å². The third kappa shape index (κ3) is 3.66. The van der Waals surface area contributed by atoms with E-state index in [2.05, 4.69) is 29.0 Å². The van der Waals surface area contributed by atoms with Gasteiger partial charge in [0, 0.05) is 26.7 Å². The molecule has 0 atom stereocenters. The predicted molar refractivity (Wildman–Crippen MR) is 84.0 cm³/mol. The molecule has 0 aliphatic heterocycles. The molecular weight excluding hydrogens is 270 g/mol. The van der Waals surface area contributed by atoms with Crippen LogP contribution in [0.4, 0.5) is 5.82 Å². The molecule has 120 valence electrons. The molecule has 0 saturated heterocycles. The van der Waals surface area contributed by atoms with Crippen molar-refractivity contribution in [3.05, 3.63) is 11.3 Å². The van der Waals surface area contributed by atoms with Crippen LogP contribution in [-0.4, -0.2) is 47.1 Å². The lowest BCUT2D eigenvalue weighted by Gasteiger charge is -2.33. The molecule has 0 spiro atoms. The Balaban J connectivity index is 3.35. The number of nitrogens with zero attached hydrogens (tertiary/aromatic N) is 4. The quantitative estimate of drug-likeness (QED) is 0.328. The highest BCUT2D eigenvalue weighted by atomic mass is 16.5. The van der Waals surface area contributed by atoms with Gasteiger partial charge in [-0.25, -0.2) is 0 Å². The van der Waals surface area contributed by atoms with Gasteiger partial charge in [0.05, 0.1) is 17.9 Å². The summed E-state index contributed by atoms with van der Waals surface area (Å²) in [6.45, 7) is 7.50. The summed E-state index contributed by atoms with van der Waals surface area (Å²) in [5, 5.41) is 16.6. The zero-order chi connectivity index (χ0) is 16.0. The Morgan fingerprint density at radius 2 is 2.10 bits per heavy atom. The molecule has 1 aromatic heterocycles. The number of hydrogen-bond acceptors (Lipinski definition) is 5. The average Bonchev–Trinajstić information content (AvgIpc) is 2.77. The van der Waals surface area contributed by atoms with Crippen LogP contribution in [-0.2, 0) is 11.8 Å². The highest BCUT2D eigenvalue weighted by molar-refractivity contribution is 6.02. The predicted octanol–water partition coefficient (Wildman–Crippen LogP) is 1.46. The van der Waals surface area contributed by atoms with Crippen LogP contribution < -0.4 is 10.6 Å². The Bertz CT molecular complexity index is 480. The van der Waals surface area contributed by atoms with Crippen molar-refractivity contribution in [1.29, 1.82) is 0 Å². The molecule has 0 aliphatic carbocycles. The molecule has 7 heteroatoms. The molecule has 0 radical (unpaired) electrons. The molecule has 1 aromatic rings. The van der Waals surface area contributed by atoms with Gasteiger partial charge >= 0.3 is 0 Å². The summed E-state index contributed by atoms with van der Waals surface area (Å²) >= 11 is 0. The number of hydrogen-bond donors (Lipinski definition) is 2. The summed E-state index contributed by atoms with van der Waals surface area (Å²) in [5.74, 6) is 0.956. The van der Waals surface area contributed by atoms with Crippen molar-refractivity contribution in [2.24, 2.45) is 17.9 Å². The van der Waals surface area contributed by atoms with Crippen LogP contribution in [0.25, 0.3) is 0 Å². The minimum Gasteiger partial charge on any atom is -0.409 e. The zero-order valence-electron chi connectivity index (χ0n) is 13.6. The molecular formula is C14H27N5O2. The molecule has 0 bridgehead atoms. The number of aryl methyl sites for hydroxylation is 2. The van der Waals surface area contributed by atoms with Gasteiger partial charge in [-0.05, 0) is 19.8 Å². The Hall–Kier alpha value is -1.76. The van der Waals surface area contributed by atoms with Crippen LogP contribution in [0.3, 0.4) is 0 Å². The van der Waals surface area contributed by atoms with E-state index in [1.54, 1.807) is 11.8 Å². The van der Waals surface area contributed by atoms with Crippen LogP contribution in [0.5, 0.6) is 0 Å². The lowest BCUT2D eigenvalue weighted by Crippen LogP contribution is -2.39. The highest BCUT2D eigenvalue weighted by Crippen LogP contribution is 2.26. The van der Waals surface area contributed by atoms with Crippen molar-refractivity contribution in [3.8, 4) is 0 Å². The largest absolute Gasteiger partial charge is 0.409 e. The monoisotopic (exact) mass is 297 g/mol. The van der Waals surface area contributed by atoms with Crippen molar-refractivity contribution < 1.29 is 9.94 Å². The molecule has 0 aliphatic rings. The molecule has 0 saturated carbocycles. The number of methoxy groups -OCH3 is 1. The van der Waals surface area contributed by atoms with E-state index < -0.39 is 0 Å². The fraction of sp³-hybridized carbons (Fsp3) is 0.714. The third-order valence-electron chi connectivity index (χ3n) is 3.75. The second-order valence-electron chi connectivity index (χ2n) is 5.05. The number of ether oxygens (including phenoxy) is 1. The van der Waals surface area contributed by atoms with E-state index in [1.807, 2.05) is 14.0 Å². The Labute approximate surface area is 126 Å². The number of amidine groups is 1. The minimum absolute atomic E-state index is 0.0870. The normalized spacial score (nSPS) is 12.2. The number of nitrogens with two attached hydrogens (primary N) is 1. The highest BCUT2D eigenvalue weighted by Gasteiger charge is 2.26. The molecule has 1 rings (SSSR count). The Morgan fingerprint density at radius 3 is 2.57 bits per heavy atom. The molecule has 0 unspecified atom stereocenters. The van der Waals surface area contributed by atoms with Crippen LogP contribution in [0.2, 0.25) is 0 Å². The van der Waals surface area contributed by atoms with E-state index in [0.29, 0.717) is 18.2 Å². The molecule has 0 amide bonds. The van der Waals surface area contributed by atoms with Crippen molar-refractivity contribution >= 4 is 11.7 Å². The van der Waals surface area contributed by atoms with Crippen LogP contribution in [0, 0.1) is 6.92 Å². The molecule has 0 aromatic carbocycles. The van der Waals surface area contributed by atoms with E-state index in [1.165, 1.54) is 0 Å². The van der Waals surface area contributed by atoms with Gasteiger partial charge in [0.1, 0.15) is 5.82 Å². The average molecular weight is 297 g/mol. The van der Waals surface area contributed by atoms with Gasteiger partial charge in [0.15, 0.2) is 5.84 Å². The molecule has 3 N–H and O–H groups in total. The van der Waals surface area contributed by atoms with Gasteiger partial charge in [-0.3, -0.25) is 4.68 Å². The Kier molecular flexibility index (Phi) is 6.48. The first-order chi connectivity index (χ1) is 10.0. The maximum absolute atomic E-state index is 9.04. The van der Waals surface area contributed by atoms with E-state index in [9.17, 15) is 0 Å². The van der Waals surface area contributed by atoms with Crippen LogP contribution in [0.15, 0.2) is 5.16 Å². The smallest absolute Gasteiger partial charge is 0.175 e. The van der Waals surface area contributed by atoms with Crippen molar-refractivity contribution in [1.82, 2.24) is 9.78 Å². The van der Waals surface area contributed by atoms with Crippen molar-refractivity contribution in [2.75, 3.05) is 25.2 Å². The first-order valence-electron chi connectivity index (χ1n) is 7.28. The Morgan fingerprint density at radius 1 is 1.48 bits per heavy atom. The molecule has 0 fully saturated rings. The standard InChI is InChI=1S/C14H27N5O2/c1-6-11(7-2)19(8-9-21-5)14-12(13(15)17-20)10(3)16-18(14)4/h11,20H,6-9H2,1-5H3,(H2,15,17). The molecule has 21 heavy (non-hydrogen) atoms. The third-order valence-corrected chi connectivity index (χ3v) is 3.75. The van der Waals surface area contributed by atoms with Crippen molar-refractivity contribution in [2.45, 2.75) is 39.7 Å². The van der Waals surface area contributed by atoms with E-state index >= 15 is 0 Å². The lowest BCUT2D eigenvalue weighted by atomic mass is 10.1. The summed E-state index contributed by atoms with van der Waals surface area (Å²) in [4.78, 5) is 2.23. The van der Waals surface area contributed by atoms with Gasteiger partial charge in [-0.2, -0.15) is 5.10 Å².